The molecule has 0 saturated heterocycles. The van der Waals surface area contributed by atoms with Crippen molar-refractivity contribution in [3.05, 3.63) is 47.3 Å². The molecule has 2 aliphatic rings. The van der Waals surface area contributed by atoms with Gasteiger partial charge in [-0.2, -0.15) is 11.8 Å². The predicted octanol–water partition coefficient (Wildman–Crippen LogP) is -5.16. The molecule has 1 aromatic carbocycles. The molecule has 10 atom stereocenters. The SMILES string of the molecule is CC[C@H](C)[C@H](NC(=O)CN)C(=O)NCC(=O)N[C@H]1C[S+]([O-])c2[nH]c3c(CSCCCCn4cc(CN5C(=O)C=CC5=O)nn4)c(OC)ccc3c2C[C@@H](CO)NC(=O)[C@H]([C@@H](C)[C@@H](O)CO)NC(=O)C[C@@H](O)CNC(=O)[C@H](CC(N)=O)NC1=O. The van der Waals surface area contributed by atoms with Crippen LogP contribution in [0.1, 0.15) is 69.7 Å². The van der Waals surface area contributed by atoms with Gasteiger partial charge in [0.15, 0.2) is 6.04 Å². The number of carbonyl (C=O) groups is 10. The van der Waals surface area contributed by atoms with Crippen molar-refractivity contribution in [2.45, 2.75) is 126 Å². The van der Waals surface area contributed by atoms with Gasteiger partial charge in [-0.15, -0.1) is 5.10 Å². The Bertz CT molecular complexity index is 2830. The van der Waals surface area contributed by atoms with E-state index in [1.165, 1.54) is 37.9 Å². The number of carbonyl (C=O) groups excluding carboxylic acids is 10. The summed E-state index contributed by atoms with van der Waals surface area (Å²) in [6, 6.07) is -4.25. The fourth-order valence-corrected chi connectivity index (χ4v) is 11.4. The second kappa shape index (κ2) is 32.0. The molecule has 3 aromatic rings. The highest BCUT2D eigenvalue weighted by atomic mass is 32.2. The number of β-amino-alcohol motifs (C(OH)–C–C–N with tert-alkyl or cyclic N) is 1. The van der Waals surface area contributed by atoms with Gasteiger partial charge in [0, 0.05) is 71.0 Å². The molecule has 456 valence electrons. The van der Waals surface area contributed by atoms with Gasteiger partial charge in [-0.3, -0.25) is 57.5 Å². The number of thioether (sulfide) groups is 1. The summed E-state index contributed by atoms with van der Waals surface area (Å²) in [5.74, 6) is -9.55. The van der Waals surface area contributed by atoms with Crippen LogP contribution in [-0.4, -0.2) is 203 Å². The number of unbranched alkanes of at least 4 members (excludes halogenated alkanes) is 1. The van der Waals surface area contributed by atoms with Crippen LogP contribution in [0, 0.1) is 11.8 Å². The van der Waals surface area contributed by atoms with E-state index in [1.807, 2.05) is 0 Å². The van der Waals surface area contributed by atoms with Crippen LogP contribution in [0.25, 0.3) is 10.9 Å². The quantitative estimate of drug-likeness (QED) is 0.0227. The smallest absolute Gasteiger partial charge is 0.253 e. The first kappa shape index (κ1) is 66.6. The Labute approximate surface area is 484 Å². The molecule has 5 rings (SSSR count). The Hall–Kier alpha value is -7.20. The van der Waals surface area contributed by atoms with Crippen molar-refractivity contribution in [1.29, 1.82) is 0 Å². The largest absolute Gasteiger partial charge is 0.610 e. The molecule has 0 aliphatic carbocycles. The Morgan fingerprint density at radius 1 is 0.988 bits per heavy atom. The summed E-state index contributed by atoms with van der Waals surface area (Å²) in [6.45, 7) is 1.82. The Morgan fingerprint density at radius 2 is 1.71 bits per heavy atom. The fourth-order valence-electron chi connectivity index (χ4n) is 8.93. The van der Waals surface area contributed by atoms with Crippen LogP contribution in [0.2, 0.25) is 0 Å². The summed E-state index contributed by atoms with van der Waals surface area (Å²) in [7, 11) is 1.44. The van der Waals surface area contributed by atoms with E-state index in [4.69, 9.17) is 16.2 Å². The van der Waals surface area contributed by atoms with Gasteiger partial charge in [-0.05, 0) is 36.6 Å². The Kier molecular flexibility index (Phi) is 25.7. The number of nitrogens with two attached hydrogens (primary N) is 2. The van der Waals surface area contributed by atoms with Gasteiger partial charge in [-0.1, -0.05) is 32.4 Å². The van der Waals surface area contributed by atoms with E-state index in [0.717, 1.165) is 4.90 Å². The second-order valence-electron chi connectivity index (χ2n) is 20.0. The van der Waals surface area contributed by atoms with Gasteiger partial charge in [-0.25, -0.2) is 0 Å². The Balaban J connectivity index is 1.52. The van der Waals surface area contributed by atoms with Crippen molar-refractivity contribution < 1.29 is 77.7 Å². The lowest BCUT2D eigenvalue weighted by Gasteiger charge is -2.29. The van der Waals surface area contributed by atoms with Crippen LogP contribution in [-0.2, 0) is 84.4 Å². The van der Waals surface area contributed by atoms with Gasteiger partial charge in [0.2, 0.25) is 52.3 Å². The molecule has 2 aliphatic heterocycles. The number of nitrogens with one attached hydrogen (secondary N) is 8. The van der Waals surface area contributed by atoms with E-state index in [-0.39, 0.29) is 23.6 Å². The number of primary amides is 1. The molecule has 10 amide bonds. The molecule has 4 heterocycles. The number of rotatable bonds is 24. The number of aryl methyl sites for hydroxylation is 1. The van der Waals surface area contributed by atoms with E-state index in [9.17, 15) is 68.4 Å². The summed E-state index contributed by atoms with van der Waals surface area (Å²) < 4.78 is 22.5. The molecule has 0 radical (unpaired) electrons. The second-order valence-corrected chi connectivity index (χ2v) is 22.5. The normalized spacial score (nSPS) is 21.8. The molecule has 2 aromatic heterocycles. The van der Waals surface area contributed by atoms with E-state index >= 15 is 4.55 Å². The molecular weight excluding hydrogens is 1130 g/mol. The monoisotopic (exact) mass is 1200 g/mol. The lowest BCUT2D eigenvalue weighted by atomic mass is 9.94. The number of H-pyrrole nitrogens is 1. The maximum atomic E-state index is 15.1. The highest BCUT2D eigenvalue weighted by molar-refractivity contribution is 7.98. The molecule has 83 heavy (non-hydrogen) atoms. The topological polar surface area (TPSA) is 470 Å². The zero-order valence-electron chi connectivity index (χ0n) is 46.3. The first-order valence-corrected chi connectivity index (χ1v) is 29.2. The number of amides is 10. The van der Waals surface area contributed by atoms with Crippen molar-refractivity contribution in [2.75, 3.05) is 51.5 Å². The summed E-state index contributed by atoms with van der Waals surface area (Å²) in [5, 5.41) is 67.9. The molecule has 0 spiro atoms. The number of aliphatic hydroxyl groups is 4. The summed E-state index contributed by atoms with van der Waals surface area (Å²) >= 11 is -0.875. The number of nitrogens with zero attached hydrogens (tertiary/aromatic N) is 4. The standard InChI is InChI=1S/C51H74N14O16S2/c1-5-26(2)44(60-40(72)17-52)49(78)55-19-41(73)57-35-25-83(80)51-32(31-8-9-37(81-4)33(46(31)61-51)24-82-13-7-6-12-64-20-29(62-63-64)21-65-42(74)10-11-43(65)75)14-28(22-66)56-50(79)45(27(3)36(69)23-67)59-39(71)15-30(68)18-54-47(76)34(16-38(53)70)58-48(35)77/h8-11,20,26-28,30,34-36,44-45,61,66-69H,5-7,12-19,21-25,52H2,1-4H3,(H2,53,70)(H,54,76)(H,55,78)(H,56,79)(H,57,73)(H,58,77)(H,59,71)(H,60,72)/t26-,27-,28-,30+,34-,35-,36-,44-,45-,83?/m0/s1. The summed E-state index contributed by atoms with van der Waals surface area (Å²) in [5.41, 5.74) is 12.6. The maximum absolute atomic E-state index is 15.1. The minimum absolute atomic E-state index is 0.0210. The lowest BCUT2D eigenvalue weighted by Crippen LogP contribution is -2.58. The lowest BCUT2D eigenvalue weighted by molar-refractivity contribution is -0.137. The van der Waals surface area contributed by atoms with Gasteiger partial charge in [0.25, 0.3) is 11.8 Å². The van der Waals surface area contributed by atoms with Crippen LogP contribution in [0.5, 0.6) is 5.75 Å². The van der Waals surface area contributed by atoms with Crippen LogP contribution in [0.15, 0.2) is 35.5 Å². The Morgan fingerprint density at radius 3 is 2.36 bits per heavy atom. The molecule has 0 bridgehead atoms. The molecule has 30 nitrogen and oxygen atoms in total. The number of methoxy groups -OCH3 is 1. The highest BCUT2D eigenvalue weighted by Gasteiger charge is 2.38. The van der Waals surface area contributed by atoms with Crippen LogP contribution >= 0.6 is 11.8 Å². The van der Waals surface area contributed by atoms with E-state index in [2.05, 4.69) is 52.5 Å². The zero-order valence-corrected chi connectivity index (χ0v) is 48.0. The number of aromatic amines is 1. The van der Waals surface area contributed by atoms with E-state index < -0.39 is 176 Å². The van der Waals surface area contributed by atoms with Crippen molar-refractivity contribution >= 4 is 92.9 Å². The average Bonchev–Trinajstić information content (AvgIpc) is 2.83. The van der Waals surface area contributed by atoms with Gasteiger partial charge < -0.3 is 83.4 Å². The van der Waals surface area contributed by atoms with Crippen LogP contribution in [0.3, 0.4) is 0 Å². The number of ether oxygens (including phenoxy) is 1. The number of aromatic nitrogens is 4. The molecule has 0 saturated carbocycles. The number of aliphatic hydroxyl groups excluding tert-OH is 4. The number of benzene rings is 1. The van der Waals surface area contributed by atoms with Crippen molar-refractivity contribution in [3.63, 3.8) is 0 Å². The molecule has 16 N–H and O–H groups in total. The molecule has 0 fully saturated rings. The fraction of sp³-hybridized carbons (Fsp3) is 0.569. The molecule has 1 unspecified atom stereocenters. The number of imide groups is 1. The minimum Gasteiger partial charge on any atom is -0.610 e. The van der Waals surface area contributed by atoms with Crippen LogP contribution in [0.4, 0.5) is 0 Å². The maximum Gasteiger partial charge on any atom is 0.253 e. The number of hydrogen-bond donors (Lipinski definition) is 14. The third kappa shape index (κ3) is 18.9. The summed E-state index contributed by atoms with van der Waals surface area (Å²) in [6.07, 6.45) is 0.744. The first-order valence-electron chi connectivity index (χ1n) is 26.7. The number of hydrogen-bond acceptors (Lipinski definition) is 20. The summed E-state index contributed by atoms with van der Waals surface area (Å²) in [4.78, 5) is 136. The highest BCUT2D eigenvalue weighted by Crippen LogP contribution is 2.37. The third-order valence-corrected chi connectivity index (χ3v) is 16.3. The van der Waals surface area contributed by atoms with Gasteiger partial charge in [0.05, 0.1) is 82.8 Å². The van der Waals surface area contributed by atoms with Crippen molar-refractivity contribution in [3.8, 4) is 5.75 Å². The average molecular weight is 1200 g/mol. The molecular formula is C51H74N14O16S2. The van der Waals surface area contributed by atoms with Crippen LogP contribution < -0.4 is 53.4 Å². The third-order valence-electron chi connectivity index (χ3n) is 13.8. The first-order chi connectivity index (χ1) is 39.5. The van der Waals surface area contributed by atoms with Gasteiger partial charge >= 0.3 is 0 Å². The molecule has 32 heteroatoms. The van der Waals surface area contributed by atoms with Crippen molar-refractivity contribution in [1.82, 2.24) is 62.1 Å². The van der Waals surface area contributed by atoms with Crippen molar-refractivity contribution in [2.24, 2.45) is 23.3 Å². The van der Waals surface area contributed by atoms with E-state index in [1.54, 1.807) is 36.9 Å². The zero-order chi connectivity index (χ0) is 61.1. The predicted molar refractivity (Wildman–Crippen MR) is 298 cm³/mol. The van der Waals surface area contributed by atoms with E-state index in [0.29, 0.717) is 65.2 Å². The number of fused-ring (bicyclic) bond motifs is 3. The minimum atomic E-state index is -2.39. The van der Waals surface area contributed by atoms with Gasteiger partial charge in [0.1, 0.15) is 35.3 Å².